The number of nitrogens with one attached hydrogen (secondary N) is 2. The summed E-state index contributed by atoms with van der Waals surface area (Å²) in [5.41, 5.74) is 2.94. The van der Waals surface area contributed by atoms with E-state index < -0.39 is 0 Å². The van der Waals surface area contributed by atoms with E-state index in [1.807, 2.05) is 26.8 Å². The molecule has 6 nitrogen and oxygen atoms in total. The lowest BCUT2D eigenvalue weighted by atomic mass is 10.1. The van der Waals surface area contributed by atoms with Gasteiger partial charge in [0.25, 0.3) is 5.91 Å². The highest BCUT2D eigenvalue weighted by Crippen LogP contribution is 2.22. The maximum Gasteiger partial charge on any atom is 0.267 e. The number of hydrogen-bond donors (Lipinski definition) is 2. The molecule has 122 valence electrons. The van der Waals surface area contributed by atoms with E-state index >= 15 is 0 Å². The summed E-state index contributed by atoms with van der Waals surface area (Å²) < 4.78 is 4.78. The molecule has 23 heavy (non-hydrogen) atoms. The van der Waals surface area contributed by atoms with Crippen molar-refractivity contribution in [3.05, 3.63) is 39.3 Å². The van der Waals surface area contributed by atoms with Crippen LogP contribution < -0.4 is 10.6 Å². The van der Waals surface area contributed by atoms with Crippen molar-refractivity contribution in [2.75, 3.05) is 24.4 Å². The molecule has 1 aromatic carbocycles. The minimum Gasteiger partial charge on any atom is -0.375 e. The van der Waals surface area contributed by atoms with E-state index in [4.69, 9.17) is 4.74 Å². The monoisotopic (exact) mass is 333 g/mol. The number of carbonyl (C=O) groups is 2. The molecule has 2 aromatic rings. The molecule has 0 aliphatic rings. The molecule has 1 aromatic heterocycles. The van der Waals surface area contributed by atoms with Crippen LogP contribution in [0.4, 0.5) is 11.4 Å². The second kappa shape index (κ2) is 7.34. The van der Waals surface area contributed by atoms with Gasteiger partial charge in [-0.25, -0.2) is 4.98 Å². The normalized spacial score (nSPS) is 10.4. The molecule has 0 radical (unpaired) electrons. The summed E-state index contributed by atoms with van der Waals surface area (Å²) in [6.45, 7) is 5.55. The molecule has 0 saturated heterocycles. The highest BCUT2D eigenvalue weighted by molar-refractivity contribution is 7.13. The van der Waals surface area contributed by atoms with Gasteiger partial charge in [0.15, 0.2) is 0 Å². The molecular weight excluding hydrogens is 314 g/mol. The van der Waals surface area contributed by atoms with E-state index in [2.05, 4.69) is 15.6 Å². The van der Waals surface area contributed by atoms with Crippen LogP contribution in [0.15, 0.2) is 18.2 Å². The van der Waals surface area contributed by atoms with Crippen LogP contribution in [0.3, 0.4) is 0 Å². The first kappa shape index (κ1) is 17.1. The molecule has 2 rings (SSSR count). The third-order valence-electron chi connectivity index (χ3n) is 3.14. The summed E-state index contributed by atoms with van der Waals surface area (Å²) in [7, 11) is 1.47. The van der Waals surface area contributed by atoms with Crippen molar-refractivity contribution in [3.63, 3.8) is 0 Å². The van der Waals surface area contributed by atoms with Crippen LogP contribution in [0.5, 0.6) is 0 Å². The lowest BCUT2D eigenvalue weighted by molar-refractivity contribution is -0.119. The average Bonchev–Trinajstić information content (AvgIpc) is 2.81. The fourth-order valence-corrected chi connectivity index (χ4v) is 2.94. The van der Waals surface area contributed by atoms with Crippen LogP contribution in [0.25, 0.3) is 0 Å². The van der Waals surface area contributed by atoms with Gasteiger partial charge in [0, 0.05) is 18.5 Å². The maximum atomic E-state index is 12.3. The van der Waals surface area contributed by atoms with Crippen LogP contribution in [0.2, 0.25) is 0 Å². The number of rotatable bonds is 5. The number of benzene rings is 1. The fraction of sp³-hybridized carbons (Fsp3) is 0.312. The van der Waals surface area contributed by atoms with Gasteiger partial charge in [-0.3, -0.25) is 9.59 Å². The number of carbonyl (C=O) groups excluding carboxylic acids is 2. The second-order valence-electron chi connectivity index (χ2n) is 5.11. The number of aryl methyl sites for hydroxylation is 3. The smallest absolute Gasteiger partial charge is 0.267 e. The predicted molar refractivity (Wildman–Crippen MR) is 91.2 cm³/mol. The van der Waals surface area contributed by atoms with Crippen molar-refractivity contribution in [3.8, 4) is 0 Å². The third-order valence-corrected chi connectivity index (χ3v) is 4.22. The highest BCUT2D eigenvalue weighted by atomic mass is 32.1. The summed E-state index contributed by atoms with van der Waals surface area (Å²) in [6, 6.07) is 5.31. The van der Waals surface area contributed by atoms with E-state index in [1.165, 1.54) is 18.4 Å². The predicted octanol–water partition coefficient (Wildman–Crippen LogP) is 2.91. The first-order chi connectivity index (χ1) is 10.9. The van der Waals surface area contributed by atoms with Gasteiger partial charge >= 0.3 is 0 Å². The van der Waals surface area contributed by atoms with Gasteiger partial charge < -0.3 is 15.4 Å². The van der Waals surface area contributed by atoms with E-state index in [9.17, 15) is 9.59 Å². The van der Waals surface area contributed by atoms with Crippen LogP contribution >= 0.6 is 11.3 Å². The Hall–Kier alpha value is -2.25. The number of hydrogen-bond acceptors (Lipinski definition) is 5. The van der Waals surface area contributed by atoms with Gasteiger partial charge in [-0.2, -0.15) is 0 Å². The van der Waals surface area contributed by atoms with Crippen molar-refractivity contribution in [2.24, 2.45) is 0 Å². The van der Waals surface area contributed by atoms with Crippen molar-refractivity contribution in [2.45, 2.75) is 20.8 Å². The Balaban J connectivity index is 2.10. The Morgan fingerprint density at radius 3 is 2.52 bits per heavy atom. The minimum absolute atomic E-state index is 0.00192. The van der Waals surface area contributed by atoms with Crippen LogP contribution in [0.1, 0.15) is 25.9 Å². The molecule has 0 bridgehead atoms. The maximum absolute atomic E-state index is 12.3. The first-order valence-electron chi connectivity index (χ1n) is 7.05. The van der Waals surface area contributed by atoms with Gasteiger partial charge in [0.05, 0.1) is 10.7 Å². The van der Waals surface area contributed by atoms with E-state index in [0.717, 1.165) is 16.3 Å². The number of anilines is 2. The zero-order valence-electron chi connectivity index (χ0n) is 13.5. The molecule has 0 aliphatic carbocycles. The number of ether oxygens (including phenoxy) is 1. The standard InChI is InChI=1S/C16H19N3O3S/c1-9-7-12(5-6-13(9)19-14(20)8-22-4)18-16(21)15-10(2)17-11(3)23-15/h5-7H,8H2,1-4H3,(H,18,21)(H,19,20). The SMILES string of the molecule is COCC(=O)Nc1ccc(NC(=O)c2sc(C)nc2C)cc1C. The highest BCUT2D eigenvalue weighted by Gasteiger charge is 2.14. The topological polar surface area (TPSA) is 80.3 Å². The molecule has 2 amide bonds. The van der Waals surface area contributed by atoms with Crippen molar-refractivity contribution in [1.82, 2.24) is 4.98 Å². The van der Waals surface area contributed by atoms with Gasteiger partial charge in [-0.05, 0) is 44.5 Å². The summed E-state index contributed by atoms with van der Waals surface area (Å²) in [6.07, 6.45) is 0. The molecule has 0 saturated carbocycles. The van der Waals surface area contributed by atoms with E-state index in [1.54, 1.807) is 12.1 Å². The third kappa shape index (κ3) is 4.37. The quantitative estimate of drug-likeness (QED) is 0.881. The largest absolute Gasteiger partial charge is 0.375 e. The number of nitrogens with zero attached hydrogens (tertiary/aromatic N) is 1. The fourth-order valence-electron chi connectivity index (χ4n) is 2.13. The molecule has 0 atom stereocenters. The summed E-state index contributed by atoms with van der Waals surface area (Å²) in [5, 5.41) is 6.47. The van der Waals surface area contributed by atoms with Crippen molar-refractivity contribution in [1.29, 1.82) is 0 Å². The number of aromatic nitrogens is 1. The van der Waals surface area contributed by atoms with Crippen LogP contribution in [0, 0.1) is 20.8 Å². The number of thiazole rings is 1. The van der Waals surface area contributed by atoms with Gasteiger partial charge in [0.1, 0.15) is 11.5 Å². The molecule has 2 N–H and O–H groups in total. The minimum atomic E-state index is -0.219. The van der Waals surface area contributed by atoms with Gasteiger partial charge in [-0.15, -0.1) is 11.3 Å². The number of amides is 2. The summed E-state index contributed by atoms with van der Waals surface area (Å²) in [4.78, 5) is 28.7. The lowest BCUT2D eigenvalue weighted by Crippen LogP contribution is -2.18. The second-order valence-corrected chi connectivity index (χ2v) is 6.32. The van der Waals surface area contributed by atoms with Crippen molar-refractivity contribution >= 4 is 34.5 Å². The molecule has 0 spiro atoms. The Labute approximate surface area is 138 Å². The Kier molecular flexibility index (Phi) is 5.46. The Bertz CT molecular complexity index is 740. The molecule has 0 fully saturated rings. The molecular formula is C16H19N3O3S. The molecule has 7 heteroatoms. The van der Waals surface area contributed by atoms with E-state index in [0.29, 0.717) is 16.3 Å². The Morgan fingerprint density at radius 1 is 1.22 bits per heavy atom. The van der Waals surface area contributed by atoms with Crippen LogP contribution in [-0.4, -0.2) is 30.5 Å². The number of methoxy groups -OCH3 is 1. The summed E-state index contributed by atoms with van der Waals surface area (Å²) >= 11 is 1.37. The average molecular weight is 333 g/mol. The summed E-state index contributed by atoms with van der Waals surface area (Å²) in [5.74, 6) is -0.396. The molecule has 0 unspecified atom stereocenters. The molecule has 1 heterocycles. The van der Waals surface area contributed by atoms with Crippen LogP contribution in [-0.2, 0) is 9.53 Å². The molecule has 0 aliphatic heterocycles. The van der Waals surface area contributed by atoms with Crippen molar-refractivity contribution < 1.29 is 14.3 Å². The zero-order valence-corrected chi connectivity index (χ0v) is 14.3. The zero-order chi connectivity index (χ0) is 17.0. The van der Waals surface area contributed by atoms with Gasteiger partial charge in [0.2, 0.25) is 5.91 Å². The lowest BCUT2D eigenvalue weighted by Gasteiger charge is -2.10. The first-order valence-corrected chi connectivity index (χ1v) is 7.87. The van der Waals surface area contributed by atoms with E-state index in [-0.39, 0.29) is 18.4 Å². The Morgan fingerprint density at radius 2 is 1.96 bits per heavy atom. The van der Waals surface area contributed by atoms with Gasteiger partial charge in [-0.1, -0.05) is 0 Å².